The molecule has 0 spiro atoms. The minimum absolute atomic E-state index is 0.00196. The van der Waals surface area contributed by atoms with Gasteiger partial charge < -0.3 is 9.30 Å². The van der Waals surface area contributed by atoms with E-state index in [4.69, 9.17) is 16.3 Å². The second-order valence-electron chi connectivity index (χ2n) is 9.28. The summed E-state index contributed by atoms with van der Waals surface area (Å²) in [4.78, 5) is 37.2. The van der Waals surface area contributed by atoms with Crippen LogP contribution in [-0.2, 0) is 13.6 Å². The van der Waals surface area contributed by atoms with Gasteiger partial charge in [0.15, 0.2) is 11.6 Å². The molecule has 13 heteroatoms. The van der Waals surface area contributed by atoms with Gasteiger partial charge in [-0.3, -0.25) is 14.3 Å². The number of aromatic nitrogens is 5. The quantitative estimate of drug-likeness (QED) is 0.242. The number of nitriles is 1. The fourth-order valence-corrected chi connectivity index (χ4v) is 6.37. The average molecular weight is 605 g/mol. The minimum Gasteiger partial charge on any atom is -0.494 e. The number of halogens is 3. The zero-order valence-corrected chi connectivity index (χ0v) is 23.6. The SMILES string of the molecule is COc1cc(-c2cc3c(s2)c(=O)n(-c2cncc4nc(-c5ccccc5F)n(C)c24)c(=O)n3CCC#N)c(Cl)cc1F. The van der Waals surface area contributed by atoms with Gasteiger partial charge in [-0.05, 0) is 30.3 Å². The highest BCUT2D eigenvalue weighted by Crippen LogP contribution is 2.39. The Balaban J connectivity index is 1.65. The topological polar surface area (TPSA) is 108 Å². The van der Waals surface area contributed by atoms with E-state index in [1.54, 1.807) is 35.9 Å². The number of imidazole rings is 1. The third-order valence-corrected chi connectivity index (χ3v) is 8.35. The van der Waals surface area contributed by atoms with E-state index in [1.165, 1.54) is 36.2 Å². The third kappa shape index (κ3) is 4.25. The monoisotopic (exact) mass is 604 g/mol. The van der Waals surface area contributed by atoms with Crippen LogP contribution in [0, 0.1) is 23.0 Å². The summed E-state index contributed by atoms with van der Waals surface area (Å²) in [7, 11) is 2.98. The Kier molecular flexibility index (Phi) is 6.84. The number of benzene rings is 2. The van der Waals surface area contributed by atoms with Crippen LogP contribution in [0.25, 0.3) is 48.8 Å². The first kappa shape index (κ1) is 27.3. The summed E-state index contributed by atoms with van der Waals surface area (Å²) in [6.07, 6.45) is 2.83. The van der Waals surface area contributed by atoms with Gasteiger partial charge in [-0.15, -0.1) is 11.3 Å². The zero-order valence-electron chi connectivity index (χ0n) is 22.1. The van der Waals surface area contributed by atoms with Crippen LogP contribution in [0.4, 0.5) is 8.78 Å². The van der Waals surface area contributed by atoms with Crippen LogP contribution < -0.4 is 16.0 Å². The van der Waals surface area contributed by atoms with E-state index in [0.717, 1.165) is 22.0 Å². The Hall–Kier alpha value is -4.86. The van der Waals surface area contributed by atoms with Gasteiger partial charge in [0.05, 0.1) is 59.3 Å². The molecule has 42 heavy (non-hydrogen) atoms. The lowest BCUT2D eigenvalue weighted by molar-refractivity contribution is 0.387. The first-order valence-electron chi connectivity index (χ1n) is 12.5. The molecule has 0 aliphatic carbocycles. The largest absolute Gasteiger partial charge is 0.494 e. The van der Waals surface area contributed by atoms with Crippen LogP contribution in [-0.4, -0.2) is 30.8 Å². The Morgan fingerprint density at radius 3 is 2.62 bits per heavy atom. The van der Waals surface area contributed by atoms with Gasteiger partial charge in [-0.25, -0.2) is 23.1 Å². The molecule has 4 heterocycles. The van der Waals surface area contributed by atoms with Gasteiger partial charge in [0.2, 0.25) is 0 Å². The maximum atomic E-state index is 14.7. The fourth-order valence-electron chi connectivity index (χ4n) is 4.94. The van der Waals surface area contributed by atoms with Crippen molar-refractivity contribution in [1.29, 1.82) is 5.26 Å². The summed E-state index contributed by atoms with van der Waals surface area (Å²) < 4.78 is 38.1. The molecule has 0 fully saturated rings. The van der Waals surface area contributed by atoms with Crippen molar-refractivity contribution in [3.63, 3.8) is 0 Å². The Labute approximate surface area is 245 Å². The molecule has 2 aromatic carbocycles. The van der Waals surface area contributed by atoms with Crippen molar-refractivity contribution in [2.45, 2.75) is 13.0 Å². The zero-order chi connectivity index (χ0) is 29.7. The molecule has 0 aliphatic rings. The Morgan fingerprint density at radius 2 is 1.88 bits per heavy atom. The molecule has 6 aromatic rings. The van der Waals surface area contributed by atoms with Crippen molar-refractivity contribution < 1.29 is 13.5 Å². The van der Waals surface area contributed by atoms with Crippen molar-refractivity contribution in [2.24, 2.45) is 7.05 Å². The molecule has 4 aromatic heterocycles. The number of rotatable bonds is 6. The smallest absolute Gasteiger partial charge is 0.336 e. The van der Waals surface area contributed by atoms with E-state index < -0.39 is 22.9 Å². The number of fused-ring (bicyclic) bond motifs is 2. The van der Waals surface area contributed by atoms with E-state index in [9.17, 15) is 23.6 Å². The van der Waals surface area contributed by atoms with Crippen molar-refractivity contribution in [3.8, 4) is 39.3 Å². The van der Waals surface area contributed by atoms with Crippen molar-refractivity contribution in [2.75, 3.05) is 7.11 Å². The number of ether oxygens (including phenoxy) is 1. The third-order valence-electron chi connectivity index (χ3n) is 6.89. The highest BCUT2D eigenvalue weighted by Gasteiger charge is 2.23. The maximum absolute atomic E-state index is 14.7. The van der Waals surface area contributed by atoms with Gasteiger partial charge in [0, 0.05) is 24.0 Å². The molecule has 210 valence electrons. The highest BCUT2D eigenvalue weighted by atomic mass is 35.5. The number of methoxy groups -OCH3 is 1. The highest BCUT2D eigenvalue weighted by molar-refractivity contribution is 7.22. The average Bonchev–Trinajstić information content (AvgIpc) is 3.56. The van der Waals surface area contributed by atoms with Crippen LogP contribution in [0.3, 0.4) is 0 Å². The van der Waals surface area contributed by atoms with E-state index >= 15 is 0 Å². The molecule has 0 saturated heterocycles. The molecule has 0 N–H and O–H groups in total. The lowest BCUT2D eigenvalue weighted by atomic mass is 10.1. The number of hydrogen-bond acceptors (Lipinski definition) is 7. The second-order valence-corrected chi connectivity index (χ2v) is 10.7. The summed E-state index contributed by atoms with van der Waals surface area (Å²) in [6.45, 7) is -0.00196. The van der Waals surface area contributed by atoms with Gasteiger partial charge in [-0.2, -0.15) is 5.26 Å². The molecular weight excluding hydrogens is 586 g/mol. The predicted octanol–water partition coefficient (Wildman–Crippen LogP) is 5.68. The first-order valence-corrected chi connectivity index (χ1v) is 13.7. The van der Waals surface area contributed by atoms with E-state index in [0.29, 0.717) is 27.0 Å². The standard InChI is InChI=1S/C29H19ClF2N6O3S/c1-36-25-20(35-27(36)15-6-3-4-7-18(15)31)13-34-14-22(25)38-28(39)26-21(37(29(38)40)9-5-8-33)12-24(42-26)16-10-23(41-2)19(32)11-17(16)30/h3-4,6-7,10-14H,5,9H2,1-2H3. The first-order chi connectivity index (χ1) is 20.2. The van der Waals surface area contributed by atoms with Gasteiger partial charge >= 0.3 is 5.69 Å². The summed E-state index contributed by atoms with van der Waals surface area (Å²) in [6, 6.07) is 12.3. The van der Waals surface area contributed by atoms with Crippen LogP contribution in [0.2, 0.25) is 5.02 Å². The molecular formula is C29H19ClF2N6O3S. The van der Waals surface area contributed by atoms with Gasteiger partial charge in [0.25, 0.3) is 5.56 Å². The number of nitrogens with zero attached hydrogens (tertiary/aromatic N) is 6. The van der Waals surface area contributed by atoms with E-state index in [2.05, 4.69) is 9.97 Å². The molecule has 0 atom stereocenters. The van der Waals surface area contributed by atoms with Crippen LogP contribution in [0.1, 0.15) is 6.42 Å². The van der Waals surface area contributed by atoms with Gasteiger partial charge in [0.1, 0.15) is 21.9 Å². The molecule has 0 radical (unpaired) electrons. The molecule has 9 nitrogen and oxygen atoms in total. The van der Waals surface area contributed by atoms with Crippen LogP contribution in [0.5, 0.6) is 5.75 Å². The van der Waals surface area contributed by atoms with Crippen molar-refractivity contribution in [3.05, 3.63) is 92.4 Å². The Bertz CT molecular complexity index is 2210. The lowest BCUT2D eigenvalue weighted by Gasteiger charge is -2.12. The second kappa shape index (κ2) is 10.5. The molecule has 0 amide bonds. The van der Waals surface area contributed by atoms with Crippen molar-refractivity contribution >= 4 is 44.2 Å². The van der Waals surface area contributed by atoms with Gasteiger partial charge in [-0.1, -0.05) is 23.7 Å². The lowest BCUT2D eigenvalue weighted by Crippen LogP contribution is -2.38. The number of hydrogen-bond donors (Lipinski definition) is 0. The summed E-state index contributed by atoms with van der Waals surface area (Å²) in [5.74, 6) is -0.877. The number of thiophene rings is 1. The van der Waals surface area contributed by atoms with Crippen LogP contribution >= 0.6 is 22.9 Å². The van der Waals surface area contributed by atoms with E-state index in [1.807, 2.05) is 6.07 Å². The number of aryl methyl sites for hydroxylation is 2. The summed E-state index contributed by atoms with van der Waals surface area (Å²) in [5, 5.41) is 9.39. The van der Waals surface area contributed by atoms with Crippen molar-refractivity contribution in [1.82, 2.24) is 23.7 Å². The molecule has 0 bridgehead atoms. The maximum Gasteiger partial charge on any atom is 0.336 e. The summed E-state index contributed by atoms with van der Waals surface area (Å²) >= 11 is 7.42. The fraction of sp³-hybridized carbons (Fsp3) is 0.138. The predicted molar refractivity (Wildman–Crippen MR) is 156 cm³/mol. The van der Waals surface area contributed by atoms with Crippen LogP contribution in [0.15, 0.2) is 64.4 Å². The van der Waals surface area contributed by atoms with E-state index in [-0.39, 0.29) is 45.5 Å². The minimum atomic E-state index is -0.696. The number of pyridine rings is 1. The molecule has 6 rings (SSSR count). The molecule has 0 saturated carbocycles. The Morgan fingerprint density at radius 1 is 1.10 bits per heavy atom. The molecule has 0 aliphatic heterocycles. The molecule has 0 unspecified atom stereocenters. The summed E-state index contributed by atoms with van der Waals surface area (Å²) in [5.41, 5.74) is 0.497. The normalized spacial score (nSPS) is 11.3.